The normalized spacial score (nSPS) is 28.0. The van der Waals surface area contributed by atoms with Gasteiger partial charge >= 0.3 is 0 Å². The molecule has 15 unspecified atom stereocenters. The zero-order valence-corrected chi connectivity index (χ0v) is 48.0. The van der Waals surface area contributed by atoms with Gasteiger partial charge in [-0.2, -0.15) is 0 Å². The fraction of sp³-hybridized carbons (Fsp3) is 0.750. The Kier molecular flexibility index (Phi) is 31.8. The molecule has 16 N–H and O–H groups in total. The summed E-state index contributed by atoms with van der Waals surface area (Å²) in [7, 11) is 0. The predicted octanol–water partition coefficient (Wildman–Crippen LogP) is -9.18. The molecule has 3 fully saturated rings. The number of hydrogen-bond donors (Lipinski definition) is 16. The second-order valence-corrected chi connectivity index (χ2v) is 20.2. The van der Waals surface area contributed by atoms with E-state index in [4.69, 9.17) is 42.6 Å². The van der Waals surface area contributed by atoms with Gasteiger partial charge in [-0.1, -0.05) is 24.3 Å². The lowest BCUT2D eigenvalue weighted by Crippen LogP contribution is -2.70. The first-order valence-electron chi connectivity index (χ1n) is 27.7. The maximum Gasteiger partial charge on any atom is 0.237 e. The number of aliphatic hydroxyl groups excluding tert-OH is 9. The van der Waals surface area contributed by atoms with Gasteiger partial charge < -0.3 is 126 Å². The summed E-state index contributed by atoms with van der Waals surface area (Å²) in [4.78, 5) is 90.3. The molecule has 85 heavy (non-hydrogen) atoms. The average Bonchev–Trinajstić information content (AvgIpc) is 2.43. The molecule has 33 nitrogen and oxygen atoms in total. The highest BCUT2D eigenvalue weighted by atomic mass is 16.7. The zero-order chi connectivity index (χ0) is 62.6. The van der Waals surface area contributed by atoms with Crippen LogP contribution in [0, 0.1) is 0 Å². The molecule has 33 heteroatoms. The Morgan fingerprint density at radius 1 is 0.553 bits per heavy atom. The van der Waals surface area contributed by atoms with Gasteiger partial charge in [-0.25, -0.2) is 0 Å². The molecule has 0 spiro atoms. The maximum atomic E-state index is 14.3. The topological polar surface area (TPSA) is 472 Å². The average molecular weight is 1220 g/mol. The number of nitrogens with zero attached hydrogens (tertiary/aromatic N) is 1. The minimum Gasteiger partial charge on any atom is -0.394 e. The molecule has 0 bridgehead atoms. The van der Waals surface area contributed by atoms with E-state index in [1.165, 1.54) is 32.6 Å². The fourth-order valence-corrected chi connectivity index (χ4v) is 9.16. The number of amides is 7. The third-order valence-corrected chi connectivity index (χ3v) is 13.5. The largest absolute Gasteiger partial charge is 0.394 e. The van der Waals surface area contributed by atoms with Crippen LogP contribution in [0.25, 0.3) is 0 Å². The summed E-state index contributed by atoms with van der Waals surface area (Å²) >= 11 is 0. The van der Waals surface area contributed by atoms with E-state index in [0.717, 1.165) is 5.56 Å². The standard InChI is InChI=1S/C52H86N8O25/c1-29(64)56-22-34-7-5-33(6-8-34)21-35(49(76)55-11-14-78-16-19-81-51-42(58-31(3)66)47(74)44(71)38(27-63)85-51)60(23-39(68)53-9-12-77-15-18-80-50-41(57-30(2)65)46(73)43(70)37(26-62)84-50)24-40(69)54-10-13-79-17-20-83-52(59-32(4)67)28-82-36(25-61)45(72)48(52)75/h5-8,35-38,41-48,50-51,61-63,70-75H,9-28H2,1-4H3,(H,53,68)(H,54,69)(H,55,76)(H,56,64)(H,57,65)(H,58,66)(H,59,67). The smallest absolute Gasteiger partial charge is 0.237 e. The Morgan fingerprint density at radius 3 is 1.46 bits per heavy atom. The Labute approximate surface area is 490 Å². The summed E-state index contributed by atoms with van der Waals surface area (Å²) < 4.78 is 50.5. The molecule has 3 heterocycles. The molecule has 0 saturated carbocycles. The molecule has 7 amide bonds. The van der Waals surface area contributed by atoms with Crippen molar-refractivity contribution < 1.29 is 122 Å². The van der Waals surface area contributed by atoms with Gasteiger partial charge in [0.1, 0.15) is 67.0 Å². The van der Waals surface area contributed by atoms with Crippen molar-refractivity contribution in [2.75, 3.05) is 119 Å². The second kappa shape index (κ2) is 37.4. The SMILES string of the molecule is CC(=O)NCc1ccc(CC(C(=O)NCCOCCOC2OC(CO)C(O)C(O)C2NC(C)=O)N(CC(=O)NCCOCCOC2OC(CO)C(O)C(O)C2NC(C)=O)CC(=O)NCCOCCOC2(NC(C)=O)COC(CO)C(O)C2O)cc1. The summed E-state index contributed by atoms with van der Waals surface area (Å²) in [5.74, 6) is -3.81. The molecule has 0 aliphatic carbocycles. The molecule has 1 aromatic carbocycles. The Hall–Kier alpha value is -5.25. The summed E-state index contributed by atoms with van der Waals surface area (Å²) in [6, 6.07) is 3.37. The lowest BCUT2D eigenvalue weighted by molar-refractivity contribution is -0.272. The van der Waals surface area contributed by atoms with Crippen LogP contribution in [0.1, 0.15) is 38.8 Å². The number of ether oxygens (including phenoxy) is 9. The van der Waals surface area contributed by atoms with Gasteiger partial charge in [-0.3, -0.25) is 38.5 Å². The number of hydrogen-bond acceptors (Lipinski definition) is 26. The molecule has 484 valence electrons. The highest BCUT2D eigenvalue weighted by Gasteiger charge is 2.51. The van der Waals surface area contributed by atoms with E-state index >= 15 is 0 Å². The van der Waals surface area contributed by atoms with Crippen LogP contribution >= 0.6 is 0 Å². The Morgan fingerprint density at radius 2 is 1.01 bits per heavy atom. The van der Waals surface area contributed by atoms with Crippen LogP contribution in [-0.2, 0) is 89.2 Å². The quantitative estimate of drug-likeness (QED) is 0.0217. The van der Waals surface area contributed by atoms with Crippen LogP contribution in [0.2, 0.25) is 0 Å². The van der Waals surface area contributed by atoms with Crippen molar-refractivity contribution in [3.05, 3.63) is 35.4 Å². The van der Waals surface area contributed by atoms with Gasteiger partial charge in [0, 0.05) is 53.9 Å². The summed E-state index contributed by atoms with van der Waals surface area (Å²) in [5, 5.41) is 110. The van der Waals surface area contributed by atoms with Gasteiger partial charge in [0.05, 0.1) is 105 Å². The number of carbonyl (C=O) groups is 7. The van der Waals surface area contributed by atoms with Crippen molar-refractivity contribution in [3.63, 3.8) is 0 Å². The van der Waals surface area contributed by atoms with Crippen molar-refractivity contribution in [1.29, 1.82) is 0 Å². The number of benzene rings is 1. The number of aliphatic hydroxyl groups is 9. The molecule has 0 aromatic heterocycles. The molecule has 0 radical (unpaired) electrons. The summed E-state index contributed by atoms with van der Waals surface area (Å²) in [5.41, 5.74) is -0.511. The van der Waals surface area contributed by atoms with Gasteiger partial charge in [0.25, 0.3) is 0 Å². The van der Waals surface area contributed by atoms with E-state index < -0.39 is 166 Å². The first kappa shape index (κ1) is 72.2. The molecular weight excluding hydrogens is 1140 g/mol. The third kappa shape index (κ3) is 23.8. The molecular formula is C52H86N8O25. The first-order valence-corrected chi connectivity index (χ1v) is 27.7. The van der Waals surface area contributed by atoms with Gasteiger partial charge in [-0.15, -0.1) is 0 Å². The number of rotatable bonds is 37. The third-order valence-electron chi connectivity index (χ3n) is 13.5. The minimum atomic E-state index is -1.86. The van der Waals surface area contributed by atoms with Crippen molar-refractivity contribution in [3.8, 4) is 0 Å². The molecule has 3 aliphatic heterocycles. The van der Waals surface area contributed by atoms with Crippen LogP contribution in [0.15, 0.2) is 24.3 Å². The van der Waals surface area contributed by atoms with Gasteiger partial charge in [-0.05, 0) is 17.5 Å². The van der Waals surface area contributed by atoms with Crippen LogP contribution in [-0.4, -0.2) is 302 Å². The van der Waals surface area contributed by atoms with E-state index in [1.807, 2.05) is 0 Å². The lowest BCUT2D eigenvalue weighted by atomic mass is 9.94. The Balaban J connectivity index is 1.42. The highest BCUT2D eigenvalue weighted by molar-refractivity contribution is 5.86. The van der Waals surface area contributed by atoms with E-state index in [9.17, 15) is 79.5 Å². The number of carbonyl (C=O) groups excluding carboxylic acids is 7. The number of nitrogens with one attached hydrogen (secondary N) is 7. The monoisotopic (exact) mass is 1220 g/mol. The summed E-state index contributed by atoms with van der Waals surface area (Å²) in [6.45, 7) is 0.582. The Bertz CT molecular complexity index is 2230. The minimum absolute atomic E-state index is 0.0418. The molecule has 4 rings (SSSR count). The van der Waals surface area contributed by atoms with Crippen molar-refractivity contribution in [2.24, 2.45) is 0 Å². The predicted molar refractivity (Wildman–Crippen MR) is 288 cm³/mol. The van der Waals surface area contributed by atoms with E-state index in [1.54, 1.807) is 24.3 Å². The molecule has 3 saturated heterocycles. The van der Waals surface area contributed by atoms with E-state index in [2.05, 4.69) is 37.2 Å². The molecule has 1 aromatic rings. The van der Waals surface area contributed by atoms with E-state index in [0.29, 0.717) is 5.56 Å². The molecule has 15 atom stereocenters. The first-order chi connectivity index (χ1) is 40.5. The lowest BCUT2D eigenvalue weighted by Gasteiger charge is -2.45. The summed E-state index contributed by atoms with van der Waals surface area (Å²) in [6.07, 6.45) is -15.5. The van der Waals surface area contributed by atoms with Crippen molar-refractivity contribution >= 4 is 41.4 Å². The van der Waals surface area contributed by atoms with Gasteiger partial charge in [0.15, 0.2) is 18.3 Å². The van der Waals surface area contributed by atoms with Crippen LogP contribution in [0.3, 0.4) is 0 Å². The molecule has 3 aliphatic rings. The van der Waals surface area contributed by atoms with Crippen molar-refractivity contribution in [1.82, 2.24) is 42.1 Å². The van der Waals surface area contributed by atoms with Crippen LogP contribution < -0.4 is 37.2 Å². The second-order valence-electron chi connectivity index (χ2n) is 20.2. The van der Waals surface area contributed by atoms with Crippen LogP contribution in [0.4, 0.5) is 0 Å². The highest BCUT2D eigenvalue weighted by Crippen LogP contribution is 2.27. The maximum absolute atomic E-state index is 14.3. The van der Waals surface area contributed by atoms with E-state index in [-0.39, 0.29) is 98.0 Å². The van der Waals surface area contributed by atoms with Crippen molar-refractivity contribution in [2.45, 2.75) is 132 Å². The van der Waals surface area contributed by atoms with Crippen LogP contribution in [0.5, 0.6) is 0 Å². The zero-order valence-electron chi connectivity index (χ0n) is 48.0. The fourth-order valence-electron chi connectivity index (χ4n) is 9.16. The van der Waals surface area contributed by atoms with Gasteiger partial charge in [0.2, 0.25) is 41.4 Å².